The first-order valence-electron chi connectivity index (χ1n) is 7.38. The molecule has 1 unspecified atom stereocenters. The van der Waals surface area contributed by atoms with Crippen LogP contribution in [0.3, 0.4) is 0 Å². The second kappa shape index (κ2) is 4.86. The van der Waals surface area contributed by atoms with Crippen LogP contribution in [-0.4, -0.2) is 39.0 Å². The third kappa shape index (κ3) is 2.26. The molecule has 0 radical (unpaired) electrons. The summed E-state index contributed by atoms with van der Waals surface area (Å²) in [5.74, 6) is 0.700. The standard InChI is InChI=1S/C15H15FN4O2/c16-15(14-18-12(19-22-14)10-1-2-10)5-8-20(9-15)13(21)11-3-6-17-7-4-11/h3-4,6-7,10H,1-2,5,8-9H2. The van der Waals surface area contributed by atoms with Gasteiger partial charge in [0.1, 0.15) is 0 Å². The molecule has 0 spiro atoms. The molecule has 1 aliphatic carbocycles. The van der Waals surface area contributed by atoms with Crippen molar-refractivity contribution < 1.29 is 13.7 Å². The summed E-state index contributed by atoms with van der Waals surface area (Å²) in [7, 11) is 0. The zero-order valence-corrected chi connectivity index (χ0v) is 11.9. The number of hydrogen-bond donors (Lipinski definition) is 0. The Morgan fingerprint density at radius 3 is 2.86 bits per heavy atom. The lowest BCUT2D eigenvalue weighted by molar-refractivity contribution is 0.0716. The number of aromatic nitrogens is 3. The smallest absolute Gasteiger partial charge is 0.266 e. The van der Waals surface area contributed by atoms with E-state index in [9.17, 15) is 4.79 Å². The van der Waals surface area contributed by atoms with Crippen LogP contribution in [0.2, 0.25) is 0 Å². The average molecular weight is 302 g/mol. The van der Waals surface area contributed by atoms with Gasteiger partial charge in [-0.2, -0.15) is 4.98 Å². The minimum atomic E-state index is -1.75. The molecule has 1 saturated heterocycles. The van der Waals surface area contributed by atoms with E-state index in [0.29, 0.717) is 23.9 Å². The van der Waals surface area contributed by atoms with Crippen LogP contribution in [0, 0.1) is 0 Å². The maximum atomic E-state index is 15.1. The number of amides is 1. The number of hydrogen-bond acceptors (Lipinski definition) is 5. The van der Waals surface area contributed by atoms with E-state index in [-0.39, 0.29) is 24.8 Å². The van der Waals surface area contributed by atoms with Crippen LogP contribution in [-0.2, 0) is 5.67 Å². The Bertz CT molecular complexity index is 701. The van der Waals surface area contributed by atoms with Crippen LogP contribution in [0.15, 0.2) is 29.0 Å². The minimum Gasteiger partial charge on any atom is -0.336 e. The molecular formula is C15H15FN4O2. The van der Waals surface area contributed by atoms with Crippen molar-refractivity contribution in [1.82, 2.24) is 20.0 Å². The normalized spacial score (nSPS) is 24.7. The van der Waals surface area contributed by atoms with Crippen molar-refractivity contribution in [2.75, 3.05) is 13.1 Å². The first-order chi connectivity index (χ1) is 10.7. The molecule has 0 N–H and O–H groups in total. The summed E-state index contributed by atoms with van der Waals surface area (Å²) in [6, 6.07) is 3.25. The number of pyridine rings is 1. The van der Waals surface area contributed by atoms with Gasteiger partial charge >= 0.3 is 0 Å². The van der Waals surface area contributed by atoms with E-state index in [1.807, 2.05) is 0 Å². The molecule has 1 atom stereocenters. The fourth-order valence-corrected chi connectivity index (χ4v) is 2.72. The third-order valence-electron chi connectivity index (χ3n) is 4.20. The van der Waals surface area contributed by atoms with Crippen molar-refractivity contribution in [3.05, 3.63) is 41.8 Å². The van der Waals surface area contributed by atoms with E-state index in [2.05, 4.69) is 15.1 Å². The maximum absolute atomic E-state index is 15.1. The fraction of sp³-hybridized carbons (Fsp3) is 0.467. The highest BCUT2D eigenvalue weighted by Gasteiger charge is 2.47. The van der Waals surface area contributed by atoms with E-state index in [0.717, 1.165) is 12.8 Å². The Morgan fingerprint density at radius 2 is 2.14 bits per heavy atom. The van der Waals surface area contributed by atoms with Gasteiger partial charge in [-0.25, -0.2) is 4.39 Å². The van der Waals surface area contributed by atoms with Crippen LogP contribution in [0.1, 0.15) is 47.3 Å². The molecule has 3 heterocycles. The van der Waals surface area contributed by atoms with Crippen LogP contribution >= 0.6 is 0 Å². The lowest BCUT2D eigenvalue weighted by atomic mass is 10.1. The largest absolute Gasteiger partial charge is 0.336 e. The van der Waals surface area contributed by atoms with Gasteiger partial charge in [0, 0.05) is 36.8 Å². The van der Waals surface area contributed by atoms with Gasteiger partial charge in [-0.1, -0.05) is 5.16 Å². The molecule has 7 heteroatoms. The Hall–Kier alpha value is -2.31. The highest BCUT2D eigenvalue weighted by Crippen LogP contribution is 2.41. The lowest BCUT2D eigenvalue weighted by Crippen LogP contribution is -2.32. The van der Waals surface area contributed by atoms with Gasteiger partial charge < -0.3 is 9.42 Å². The molecule has 6 nitrogen and oxygen atoms in total. The first-order valence-corrected chi connectivity index (χ1v) is 7.38. The molecule has 2 fully saturated rings. The molecule has 22 heavy (non-hydrogen) atoms. The summed E-state index contributed by atoms with van der Waals surface area (Å²) >= 11 is 0. The Kier molecular flexibility index (Phi) is 2.95. The Balaban J connectivity index is 1.51. The zero-order chi connectivity index (χ0) is 15.2. The summed E-state index contributed by atoms with van der Waals surface area (Å²) in [5.41, 5.74) is -1.24. The van der Waals surface area contributed by atoms with Crippen molar-refractivity contribution in [3.63, 3.8) is 0 Å². The van der Waals surface area contributed by atoms with E-state index >= 15 is 4.39 Å². The molecule has 2 aromatic rings. The van der Waals surface area contributed by atoms with Gasteiger partial charge in [0.2, 0.25) is 5.67 Å². The van der Waals surface area contributed by atoms with Crippen LogP contribution in [0.25, 0.3) is 0 Å². The molecule has 1 saturated carbocycles. The number of likely N-dealkylation sites (tertiary alicyclic amines) is 1. The van der Waals surface area contributed by atoms with Gasteiger partial charge in [-0.15, -0.1) is 0 Å². The third-order valence-corrected chi connectivity index (χ3v) is 4.20. The average Bonchev–Trinajstić information content (AvgIpc) is 3.13. The van der Waals surface area contributed by atoms with E-state index in [4.69, 9.17) is 4.52 Å². The van der Waals surface area contributed by atoms with Crippen molar-refractivity contribution >= 4 is 5.91 Å². The quantitative estimate of drug-likeness (QED) is 0.867. The molecular weight excluding hydrogens is 287 g/mol. The first kappa shape index (κ1) is 13.4. The molecule has 1 amide bonds. The minimum absolute atomic E-state index is 0.000529. The van der Waals surface area contributed by atoms with Gasteiger partial charge in [0.15, 0.2) is 5.82 Å². The fourth-order valence-electron chi connectivity index (χ4n) is 2.72. The number of carbonyl (C=O) groups is 1. The van der Waals surface area contributed by atoms with Crippen molar-refractivity contribution in [1.29, 1.82) is 0 Å². The molecule has 2 aromatic heterocycles. The monoisotopic (exact) mass is 302 g/mol. The van der Waals surface area contributed by atoms with Crippen LogP contribution < -0.4 is 0 Å². The van der Waals surface area contributed by atoms with Crippen LogP contribution in [0.4, 0.5) is 4.39 Å². The topological polar surface area (TPSA) is 72.1 Å². The summed E-state index contributed by atoms with van der Waals surface area (Å²) < 4.78 is 20.2. The molecule has 0 bridgehead atoms. The molecule has 0 aromatic carbocycles. The Morgan fingerprint density at radius 1 is 1.36 bits per heavy atom. The lowest BCUT2D eigenvalue weighted by Gasteiger charge is -2.18. The molecule has 2 aliphatic rings. The molecule has 114 valence electrons. The summed E-state index contributed by atoms with van der Waals surface area (Å²) in [6.45, 7) is 0.277. The number of rotatable bonds is 3. The van der Waals surface area contributed by atoms with Crippen molar-refractivity contribution in [2.45, 2.75) is 30.8 Å². The summed E-state index contributed by atoms with van der Waals surface area (Å²) in [5, 5.41) is 3.86. The highest BCUT2D eigenvalue weighted by molar-refractivity contribution is 5.94. The molecule has 1 aliphatic heterocycles. The summed E-state index contributed by atoms with van der Waals surface area (Å²) in [4.78, 5) is 21.9. The van der Waals surface area contributed by atoms with E-state index in [1.54, 1.807) is 24.5 Å². The second-order valence-electron chi connectivity index (χ2n) is 5.91. The SMILES string of the molecule is O=C(c1ccncc1)N1CCC(F)(c2nc(C3CC3)no2)C1. The van der Waals surface area contributed by atoms with E-state index < -0.39 is 5.67 Å². The van der Waals surface area contributed by atoms with Gasteiger partial charge in [0.25, 0.3) is 11.8 Å². The predicted molar refractivity (Wildman–Crippen MR) is 73.8 cm³/mol. The predicted octanol–water partition coefficient (Wildman–Crippen LogP) is 2.05. The van der Waals surface area contributed by atoms with E-state index in [1.165, 1.54) is 4.90 Å². The van der Waals surface area contributed by atoms with Gasteiger partial charge in [0.05, 0.1) is 6.54 Å². The Labute approximate surface area is 126 Å². The van der Waals surface area contributed by atoms with Crippen molar-refractivity contribution in [3.8, 4) is 0 Å². The number of carbonyl (C=O) groups excluding carboxylic acids is 1. The zero-order valence-electron chi connectivity index (χ0n) is 11.9. The van der Waals surface area contributed by atoms with Gasteiger partial charge in [-0.3, -0.25) is 9.78 Å². The maximum Gasteiger partial charge on any atom is 0.266 e. The van der Waals surface area contributed by atoms with Crippen LogP contribution in [0.5, 0.6) is 0 Å². The number of halogens is 1. The summed E-state index contributed by atoms with van der Waals surface area (Å²) in [6.07, 6.45) is 5.34. The number of alkyl halides is 1. The van der Waals surface area contributed by atoms with Crippen molar-refractivity contribution in [2.24, 2.45) is 0 Å². The van der Waals surface area contributed by atoms with Gasteiger partial charge in [-0.05, 0) is 25.0 Å². The molecule has 4 rings (SSSR count). The highest BCUT2D eigenvalue weighted by atomic mass is 19.1. The second-order valence-corrected chi connectivity index (χ2v) is 5.91. The number of nitrogens with zero attached hydrogens (tertiary/aromatic N) is 4.